The summed E-state index contributed by atoms with van der Waals surface area (Å²) in [7, 11) is 0. The van der Waals surface area contributed by atoms with Crippen LogP contribution in [0.15, 0.2) is 41.5 Å². The zero-order valence-corrected chi connectivity index (χ0v) is 9.12. The van der Waals surface area contributed by atoms with Gasteiger partial charge in [0.05, 0.1) is 11.7 Å². The van der Waals surface area contributed by atoms with Crippen molar-refractivity contribution in [1.29, 1.82) is 0 Å². The predicted octanol–water partition coefficient (Wildman–Crippen LogP) is 2.80. The Labute approximate surface area is 97.2 Å². The van der Waals surface area contributed by atoms with Gasteiger partial charge in [0.1, 0.15) is 5.82 Å². The fourth-order valence-electron chi connectivity index (χ4n) is 1.32. The van der Waals surface area contributed by atoms with Gasteiger partial charge in [-0.1, -0.05) is 12.1 Å². The van der Waals surface area contributed by atoms with Gasteiger partial charge in [-0.25, -0.2) is 4.39 Å². The van der Waals surface area contributed by atoms with Crippen LogP contribution in [0, 0.1) is 5.82 Å². The Balaban J connectivity index is 2.14. The van der Waals surface area contributed by atoms with Crippen LogP contribution in [0.25, 0.3) is 0 Å². The highest BCUT2D eigenvalue weighted by molar-refractivity contribution is 7.78. The molecule has 0 fully saturated rings. The number of aromatic nitrogens is 2. The normalized spacial score (nSPS) is 9.81. The summed E-state index contributed by atoms with van der Waals surface area (Å²) < 4.78 is 14.4. The molecule has 0 radical (unpaired) electrons. The standard InChI is InChI=1S/C11H8FN3S/c12-10-3-1-9(2-4-10)7-15-6-5-11(14-15)13-8-16/h1-6H,7H2. The molecule has 0 aliphatic heterocycles. The second-order valence-corrected chi connectivity index (χ2v) is 3.38. The minimum Gasteiger partial charge on any atom is -0.266 e. The Hall–Kier alpha value is -1.84. The van der Waals surface area contributed by atoms with Crippen LogP contribution in [0.1, 0.15) is 5.56 Å². The van der Waals surface area contributed by atoms with Crippen LogP contribution in [0.2, 0.25) is 0 Å². The van der Waals surface area contributed by atoms with Crippen LogP contribution >= 0.6 is 12.2 Å². The van der Waals surface area contributed by atoms with Crippen molar-refractivity contribution < 1.29 is 4.39 Å². The Morgan fingerprint density at radius 2 is 2.06 bits per heavy atom. The molecule has 1 aromatic heterocycles. The molecule has 1 heterocycles. The monoisotopic (exact) mass is 233 g/mol. The highest BCUT2D eigenvalue weighted by Crippen LogP contribution is 2.09. The number of nitrogens with zero attached hydrogens (tertiary/aromatic N) is 3. The van der Waals surface area contributed by atoms with Gasteiger partial charge in [0.2, 0.25) is 0 Å². The zero-order valence-electron chi connectivity index (χ0n) is 8.30. The van der Waals surface area contributed by atoms with E-state index in [1.165, 1.54) is 12.1 Å². The first kappa shape index (κ1) is 10.7. The summed E-state index contributed by atoms with van der Waals surface area (Å²) in [4.78, 5) is 3.76. The Kier molecular flexibility index (Phi) is 3.19. The molecule has 2 aromatic rings. The number of thiocarbonyl (C=S) groups is 1. The predicted molar refractivity (Wildman–Crippen MR) is 62.4 cm³/mol. The van der Waals surface area contributed by atoms with E-state index in [0.717, 1.165) is 5.56 Å². The third-order valence-electron chi connectivity index (χ3n) is 2.04. The maximum atomic E-state index is 12.7. The van der Waals surface area contributed by atoms with E-state index >= 15 is 0 Å². The van der Waals surface area contributed by atoms with Crippen molar-refractivity contribution in [3.05, 3.63) is 47.9 Å². The number of hydrogen-bond donors (Lipinski definition) is 0. The molecule has 0 atom stereocenters. The molecule has 80 valence electrons. The number of rotatable bonds is 3. The molecule has 3 nitrogen and oxygen atoms in total. The van der Waals surface area contributed by atoms with Crippen molar-refractivity contribution in [3.63, 3.8) is 0 Å². The fraction of sp³-hybridized carbons (Fsp3) is 0.0909. The van der Waals surface area contributed by atoms with E-state index in [4.69, 9.17) is 0 Å². The van der Waals surface area contributed by atoms with Gasteiger partial charge in [0.15, 0.2) is 5.82 Å². The lowest BCUT2D eigenvalue weighted by atomic mass is 10.2. The summed E-state index contributed by atoms with van der Waals surface area (Å²) in [5.41, 5.74) is 0.974. The summed E-state index contributed by atoms with van der Waals surface area (Å²) in [6.45, 7) is 0.577. The van der Waals surface area contributed by atoms with Crippen molar-refractivity contribution in [1.82, 2.24) is 9.78 Å². The largest absolute Gasteiger partial charge is 0.266 e. The van der Waals surface area contributed by atoms with E-state index in [1.807, 2.05) is 0 Å². The van der Waals surface area contributed by atoms with E-state index in [9.17, 15) is 4.39 Å². The van der Waals surface area contributed by atoms with Gasteiger partial charge in [0.25, 0.3) is 0 Å². The lowest BCUT2D eigenvalue weighted by Crippen LogP contribution is -1.99. The van der Waals surface area contributed by atoms with Gasteiger partial charge in [-0.3, -0.25) is 4.68 Å². The highest BCUT2D eigenvalue weighted by Gasteiger charge is 1.98. The van der Waals surface area contributed by atoms with Crippen molar-refractivity contribution >= 4 is 23.2 Å². The van der Waals surface area contributed by atoms with Gasteiger partial charge in [-0.15, -0.1) is 0 Å². The molecule has 0 saturated carbocycles. The topological polar surface area (TPSA) is 30.2 Å². The second-order valence-electron chi connectivity index (χ2n) is 3.20. The number of hydrogen-bond acceptors (Lipinski definition) is 3. The molecule has 0 N–H and O–H groups in total. The molecule has 5 heteroatoms. The molecule has 1 aromatic carbocycles. The van der Waals surface area contributed by atoms with E-state index in [1.54, 1.807) is 29.1 Å². The number of aliphatic imine (C=N–C) groups is 1. The molecular weight excluding hydrogens is 225 g/mol. The van der Waals surface area contributed by atoms with Crippen LogP contribution in [-0.4, -0.2) is 14.9 Å². The van der Waals surface area contributed by atoms with E-state index in [2.05, 4.69) is 27.5 Å². The first-order valence-corrected chi connectivity index (χ1v) is 5.04. The van der Waals surface area contributed by atoms with Crippen LogP contribution < -0.4 is 0 Å². The van der Waals surface area contributed by atoms with Crippen molar-refractivity contribution in [2.24, 2.45) is 4.99 Å². The van der Waals surface area contributed by atoms with Crippen LogP contribution in [0.3, 0.4) is 0 Å². The van der Waals surface area contributed by atoms with Crippen molar-refractivity contribution in [2.75, 3.05) is 0 Å². The minimum absolute atomic E-state index is 0.241. The molecule has 0 saturated heterocycles. The average molecular weight is 233 g/mol. The molecule has 0 amide bonds. The Bertz CT molecular complexity index is 526. The molecular formula is C11H8FN3S. The van der Waals surface area contributed by atoms with Crippen LogP contribution in [0.5, 0.6) is 0 Å². The summed E-state index contributed by atoms with van der Waals surface area (Å²) in [6, 6.07) is 8.03. The quantitative estimate of drug-likeness (QED) is 0.602. The van der Waals surface area contributed by atoms with Gasteiger partial charge in [-0.2, -0.15) is 10.1 Å². The van der Waals surface area contributed by atoms with Crippen LogP contribution in [-0.2, 0) is 6.54 Å². The second kappa shape index (κ2) is 4.79. The number of isothiocyanates is 1. The van der Waals surface area contributed by atoms with Gasteiger partial charge in [0, 0.05) is 12.3 Å². The summed E-state index contributed by atoms with van der Waals surface area (Å²) in [6.07, 6.45) is 1.79. The molecule has 0 spiro atoms. The summed E-state index contributed by atoms with van der Waals surface area (Å²) in [5.74, 6) is 0.285. The van der Waals surface area contributed by atoms with Gasteiger partial charge < -0.3 is 0 Å². The minimum atomic E-state index is -0.241. The van der Waals surface area contributed by atoms with Gasteiger partial charge in [-0.05, 0) is 29.9 Å². The lowest BCUT2D eigenvalue weighted by molar-refractivity contribution is 0.624. The Morgan fingerprint density at radius 1 is 1.31 bits per heavy atom. The fourth-order valence-corrected chi connectivity index (χ4v) is 1.42. The number of halogens is 1. The first-order valence-electron chi connectivity index (χ1n) is 4.64. The third kappa shape index (κ3) is 2.59. The summed E-state index contributed by atoms with van der Waals surface area (Å²) in [5, 5.41) is 6.40. The average Bonchev–Trinajstić information content (AvgIpc) is 2.70. The maximum absolute atomic E-state index is 12.7. The SMILES string of the molecule is Fc1ccc(Cn2ccc(N=C=S)n2)cc1. The number of benzene rings is 1. The molecule has 0 aliphatic carbocycles. The van der Waals surface area contributed by atoms with E-state index in [-0.39, 0.29) is 5.82 Å². The lowest BCUT2D eigenvalue weighted by Gasteiger charge is -2.00. The highest BCUT2D eigenvalue weighted by atomic mass is 32.1. The zero-order chi connectivity index (χ0) is 11.4. The first-order chi connectivity index (χ1) is 7.78. The smallest absolute Gasteiger partial charge is 0.184 e. The van der Waals surface area contributed by atoms with E-state index in [0.29, 0.717) is 12.4 Å². The molecule has 2 rings (SSSR count). The molecule has 0 aliphatic rings. The van der Waals surface area contributed by atoms with Crippen molar-refractivity contribution in [3.8, 4) is 0 Å². The van der Waals surface area contributed by atoms with E-state index < -0.39 is 0 Å². The van der Waals surface area contributed by atoms with Gasteiger partial charge >= 0.3 is 0 Å². The Morgan fingerprint density at radius 3 is 2.75 bits per heavy atom. The summed E-state index contributed by atoms with van der Waals surface area (Å²) >= 11 is 4.48. The molecule has 0 unspecified atom stereocenters. The molecule has 0 bridgehead atoms. The third-order valence-corrected chi connectivity index (χ3v) is 2.14. The van der Waals surface area contributed by atoms with Crippen molar-refractivity contribution in [2.45, 2.75) is 6.54 Å². The van der Waals surface area contributed by atoms with Crippen LogP contribution in [0.4, 0.5) is 10.2 Å². The molecule has 16 heavy (non-hydrogen) atoms. The maximum Gasteiger partial charge on any atom is 0.184 e.